The van der Waals surface area contributed by atoms with Crippen molar-refractivity contribution in [1.82, 2.24) is 5.32 Å². The number of nitrogens with one attached hydrogen (secondary N) is 2. The summed E-state index contributed by atoms with van der Waals surface area (Å²) in [5.74, 6) is 1.75. The highest BCUT2D eigenvalue weighted by atomic mass is 16.5. The topological polar surface area (TPSA) is 33.3 Å². The van der Waals surface area contributed by atoms with Crippen LogP contribution in [0.1, 0.15) is 18.9 Å². The number of ether oxygens (including phenoxy) is 1. The molecule has 0 spiro atoms. The molecule has 1 aromatic rings. The second-order valence-corrected chi connectivity index (χ2v) is 4.62. The van der Waals surface area contributed by atoms with E-state index in [1.54, 1.807) is 7.11 Å². The van der Waals surface area contributed by atoms with Crippen LogP contribution < -0.4 is 15.4 Å². The summed E-state index contributed by atoms with van der Waals surface area (Å²) in [5, 5.41) is 6.91. The second kappa shape index (κ2) is 5.92. The van der Waals surface area contributed by atoms with E-state index in [2.05, 4.69) is 29.7 Å². The zero-order chi connectivity index (χ0) is 12.1. The maximum Gasteiger partial charge on any atom is 0.122 e. The smallest absolute Gasteiger partial charge is 0.122 e. The SMILES string of the molecule is CCc1cc(NCC2CCNC2)ccc1OC. The standard InChI is InChI=1S/C14H22N2O/c1-3-12-8-13(4-5-14(12)17-2)16-10-11-6-7-15-9-11/h4-5,8,11,15-16H,3,6-7,9-10H2,1-2H3. The molecule has 1 aliphatic rings. The summed E-state index contributed by atoms with van der Waals surface area (Å²) in [6.07, 6.45) is 2.29. The van der Waals surface area contributed by atoms with Gasteiger partial charge in [0.25, 0.3) is 0 Å². The highest BCUT2D eigenvalue weighted by Crippen LogP contribution is 2.23. The number of rotatable bonds is 5. The molecule has 1 atom stereocenters. The maximum absolute atomic E-state index is 5.33. The number of methoxy groups -OCH3 is 1. The fraction of sp³-hybridized carbons (Fsp3) is 0.571. The van der Waals surface area contributed by atoms with Crippen molar-refractivity contribution in [3.8, 4) is 5.75 Å². The van der Waals surface area contributed by atoms with Crippen LogP contribution in [-0.2, 0) is 6.42 Å². The van der Waals surface area contributed by atoms with E-state index in [0.717, 1.165) is 37.7 Å². The molecule has 3 heteroatoms. The van der Waals surface area contributed by atoms with Crippen molar-refractivity contribution in [2.45, 2.75) is 19.8 Å². The molecule has 1 aliphatic heterocycles. The van der Waals surface area contributed by atoms with Crippen LogP contribution in [0.25, 0.3) is 0 Å². The van der Waals surface area contributed by atoms with E-state index in [-0.39, 0.29) is 0 Å². The minimum absolute atomic E-state index is 0.766. The lowest BCUT2D eigenvalue weighted by molar-refractivity contribution is 0.410. The first-order valence-corrected chi connectivity index (χ1v) is 6.45. The third-order valence-corrected chi connectivity index (χ3v) is 3.42. The van der Waals surface area contributed by atoms with Crippen molar-refractivity contribution in [3.05, 3.63) is 23.8 Å². The maximum atomic E-state index is 5.33. The average Bonchev–Trinajstić information content (AvgIpc) is 2.89. The third kappa shape index (κ3) is 3.13. The summed E-state index contributed by atoms with van der Waals surface area (Å²) < 4.78 is 5.33. The molecule has 0 bridgehead atoms. The number of benzene rings is 1. The first-order valence-electron chi connectivity index (χ1n) is 6.45. The van der Waals surface area contributed by atoms with Gasteiger partial charge >= 0.3 is 0 Å². The first-order chi connectivity index (χ1) is 8.33. The lowest BCUT2D eigenvalue weighted by atomic mass is 10.1. The lowest BCUT2D eigenvalue weighted by Gasteiger charge is -2.13. The molecule has 1 unspecified atom stereocenters. The minimum atomic E-state index is 0.766. The van der Waals surface area contributed by atoms with Gasteiger partial charge in [0.15, 0.2) is 0 Å². The van der Waals surface area contributed by atoms with Gasteiger partial charge in [-0.2, -0.15) is 0 Å². The van der Waals surface area contributed by atoms with Gasteiger partial charge in [-0.3, -0.25) is 0 Å². The zero-order valence-electron chi connectivity index (χ0n) is 10.8. The molecule has 0 aromatic heterocycles. The summed E-state index contributed by atoms with van der Waals surface area (Å²) in [6.45, 7) is 5.52. The first kappa shape index (κ1) is 12.2. The van der Waals surface area contributed by atoms with Gasteiger partial charge in [-0.15, -0.1) is 0 Å². The molecule has 0 aliphatic carbocycles. The van der Waals surface area contributed by atoms with Crippen molar-refractivity contribution in [2.24, 2.45) is 5.92 Å². The molecule has 2 rings (SSSR count). The Bertz CT molecular complexity index is 359. The third-order valence-electron chi connectivity index (χ3n) is 3.42. The van der Waals surface area contributed by atoms with E-state index in [1.807, 2.05) is 6.07 Å². The Morgan fingerprint density at radius 3 is 3.00 bits per heavy atom. The van der Waals surface area contributed by atoms with E-state index in [4.69, 9.17) is 4.74 Å². The van der Waals surface area contributed by atoms with Gasteiger partial charge in [0, 0.05) is 12.2 Å². The molecule has 3 nitrogen and oxygen atoms in total. The zero-order valence-corrected chi connectivity index (χ0v) is 10.8. The van der Waals surface area contributed by atoms with Crippen LogP contribution in [0.2, 0.25) is 0 Å². The van der Waals surface area contributed by atoms with E-state index in [9.17, 15) is 0 Å². The molecule has 0 radical (unpaired) electrons. The number of anilines is 1. The van der Waals surface area contributed by atoms with E-state index >= 15 is 0 Å². The van der Waals surface area contributed by atoms with Crippen molar-refractivity contribution < 1.29 is 4.74 Å². The minimum Gasteiger partial charge on any atom is -0.496 e. The van der Waals surface area contributed by atoms with Crippen molar-refractivity contribution in [1.29, 1.82) is 0 Å². The molecule has 1 aromatic carbocycles. The van der Waals surface area contributed by atoms with Gasteiger partial charge in [0.2, 0.25) is 0 Å². The highest BCUT2D eigenvalue weighted by Gasteiger charge is 2.13. The summed E-state index contributed by atoms with van der Waals surface area (Å²) in [7, 11) is 1.73. The lowest BCUT2D eigenvalue weighted by Crippen LogP contribution is -2.17. The summed E-state index contributed by atoms with van der Waals surface area (Å²) in [4.78, 5) is 0. The van der Waals surface area contributed by atoms with Crippen LogP contribution in [0.4, 0.5) is 5.69 Å². The van der Waals surface area contributed by atoms with E-state index in [1.165, 1.54) is 17.7 Å². The predicted molar refractivity (Wildman–Crippen MR) is 71.8 cm³/mol. The molecule has 1 fully saturated rings. The second-order valence-electron chi connectivity index (χ2n) is 4.62. The Labute approximate surface area is 104 Å². The van der Waals surface area contributed by atoms with Crippen LogP contribution in [0.3, 0.4) is 0 Å². The van der Waals surface area contributed by atoms with Crippen molar-refractivity contribution in [3.63, 3.8) is 0 Å². The largest absolute Gasteiger partial charge is 0.496 e. The number of hydrogen-bond donors (Lipinski definition) is 2. The molecular formula is C14H22N2O. The van der Waals surface area contributed by atoms with Crippen LogP contribution in [0.5, 0.6) is 5.75 Å². The van der Waals surface area contributed by atoms with Gasteiger partial charge in [-0.25, -0.2) is 0 Å². The normalized spacial score (nSPS) is 19.3. The number of aryl methyl sites for hydroxylation is 1. The predicted octanol–water partition coefficient (Wildman–Crippen LogP) is 2.28. The van der Waals surface area contributed by atoms with E-state index < -0.39 is 0 Å². The van der Waals surface area contributed by atoms with E-state index in [0.29, 0.717) is 0 Å². The molecule has 94 valence electrons. The Morgan fingerprint density at radius 2 is 2.35 bits per heavy atom. The molecule has 1 heterocycles. The van der Waals surface area contributed by atoms with Crippen LogP contribution >= 0.6 is 0 Å². The summed E-state index contributed by atoms with van der Waals surface area (Å²) in [6, 6.07) is 6.34. The molecule has 17 heavy (non-hydrogen) atoms. The Morgan fingerprint density at radius 1 is 1.47 bits per heavy atom. The van der Waals surface area contributed by atoms with Gasteiger partial charge in [0.05, 0.1) is 7.11 Å². The van der Waals surface area contributed by atoms with Gasteiger partial charge < -0.3 is 15.4 Å². The quantitative estimate of drug-likeness (QED) is 0.820. The molecule has 0 amide bonds. The Balaban J connectivity index is 1.95. The molecular weight excluding hydrogens is 212 g/mol. The summed E-state index contributed by atoms with van der Waals surface area (Å²) >= 11 is 0. The van der Waals surface area contributed by atoms with Crippen LogP contribution in [0.15, 0.2) is 18.2 Å². The fourth-order valence-electron chi connectivity index (χ4n) is 2.32. The Kier molecular flexibility index (Phi) is 4.26. The van der Waals surface area contributed by atoms with Crippen molar-refractivity contribution >= 4 is 5.69 Å². The fourth-order valence-corrected chi connectivity index (χ4v) is 2.32. The van der Waals surface area contributed by atoms with Gasteiger partial charge in [0.1, 0.15) is 5.75 Å². The van der Waals surface area contributed by atoms with Crippen LogP contribution in [0, 0.1) is 5.92 Å². The molecule has 2 N–H and O–H groups in total. The number of hydrogen-bond acceptors (Lipinski definition) is 3. The average molecular weight is 234 g/mol. The molecule has 1 saturated heterocycles. The summed E-state index contributed by atoms with van der Waals surface area (Å²) in [5.41, 5.74) is 2.47. The van der Waals surface area contributed by atoms with Crippen LogP contribution in [-0.4, -0.2) is 26.7 Å². The van der Waals surface area contributed by atoms with Gasteiger partial charge in [-0.05, 0) is 55.6 Å². The van der Waals surface area contributed by atoms with Crippen molar-refractivity contribution in [2.75, 3.05) is 32.1 Å². The highest BCUT2D eigenvalue weighted by molar-refractivity contribution is 5.51. The monoisotopic (exact) mass is 234 g/mol. The molecule has 0 saturated carbocycles. The Hall–Kier alpha value is -1.22. The van der Waals surface area contributed by atoms with Gasteiger partial charge in [-0.1, -0.05) is 6.92 Å².